The van der Waals surface area contributed by atoms with Gasteiger partial charge in [0.15, 0.2) is 0 Å². The van der Waals surface area contributed by atoms with Gasteiger partial charge in [0.25, 0.3) is 0 Å². The summed E-state index contributed by atoms with van der Waals surface area (Å²) in [5.41, 5.74) is 2.68. The normalized spacial score (nSPS) is 17.1. The number of amides is 1. The number of hydrogen-bond acceptors (Lipinski definition) is 3. The first-order chi connectivity index (χ1) is 11.4. The number of hydrogen-bond donors (Lipinski definition) is 1. The highest BCUT2D eigenvalue weighted by atomic mass is 16.4. The molecule has 1 atom stereocenters. The second-order valence-electron chi connectivity index (χ2n) is 6.95. The summed E-state index contributed by atoms with van der Waals surface area (Å²) >= 11 is 0. The number of aliphatic carboxylic acids is 1. The summed E-state index contributed by atoms with van der Waals surface area (Å²) in [7, 11) is 0. The van der Waals surface area contributed by atoms with E-state index in [1.807, 2.05) is 0 Å². The lowest BCUT2D eigenvalue weighted by molar-refractivity contribution is -0.933. The zero-order chi connectivity index (χ0) is 17.7. The molecule has 0 saturated carbocycles. The van der Waals surface area contributed by atoms with Crippen LogP contribution in [0.5, 0.6) is 0 Å². The summed E-state index contributed by atoms with van der Waals surface area (Å²) in [4.78, 5) is 25.7. The van der Waals surface area contributed by atoms with Gasteiger partial charge < -0.3 is 19.7 Å². The second kappa shape index (κ2) is 8.29. The van der Waals surface area contributed by atoms with Gasteiger partial charge in [-0.05, 0) is 24.8 Å². The van der Waals surface area contributed by atoms with Gasteiger partial charge in [-0.15, -0.1) is 0 Å². The van der Waals surface area contributed by atoms with Crippen molar-refractivity contribution in [3.05, 3.63) is 35.4 Å². The molecular weight excluding hydrogens is 304 g/mol. The molecule has 1 aliphatic rings. The quantitative estimate of drug-likeness (QED) is 0.805. The van der Waals surface area contributed by atoms with E-state index in [1.165, 1.54) is 16.0 Å². The molecular formula is C19H28N2O3. The highest BCUT2D eigenvalue weighted by Crippen LogP contribution is 2.17. The lowest BCUT2D eigenvalue weighted by Crippen LogP contribution is -3.14. The Morgan fingerprint density at radius 1 is 1.04 bits per heavy atom. The van der Waals surface area contributed by atoms with Crippen LogP contribution >= 0.6 is 0 Å². The lowest BCUT2D eigenvalue weighted by atomic mass is 9.99. The fourth-order valence-corrected chi connectivity index (χ4v) is 3.25. The average molecular weight is 332 g/mol. The molecule has 2 rings (SSSR count). The summed E-state index contributed by atoms with van der Waals surface area (Å²) in [6.07, 6.45) is -0.144. The fourth-order valence-electron chi connectivity index (χ4n) is 3.25. The molecule has 1 aliphatic heterocycles. The predicted molar refractivity (Wildman–Crippen MR) is 90.5 cm³/mol. The number of benzene rings is 1. The third-order valence-electron chi connectivity index (χ3n) is 5.02. The molecule has 0 spiro atoms. The highest BCUT2D eigenvalue weighted by molar-refractivity contribution is 5.80. The third kappa shape index (κ3) is 4.81. The number of nitrogens with zero attached hydrogens (tertiary/aromatic N) is 1. The molecule has 132 valence electrons. The molecule has 1 fully saturated rings. The zero-order valence-electron chi connectivity index (χ0n) is 14.9. The summed E-state index contributed by atoms with van der Waals surface area (Å²) in [6.45, 7) is 9.79. The molecule has 5 nitrogen and oxygen atoms in total. The van der Waals surface area contributed by atoms with E-state index in [9.17, 15) is 14.7 Å². The average Bonchev–Trinajstić information content (AvgIpc) is 2.59. The van der Waals surface area contributed by atoms with Gasteiger partial charge in [-0.3, -0.25) is 4.79 Å². The van der Waals surface area contributed by atoms with Crippen molar-refractivity contribution in [1.82, 2.24) is 4.90 Å². The number of carbonyl (C=O) groups is 2. The van der Waals surface area contributed by atoms with Crippen LogP contribution in [0.1, 0.15) is 56.7 Å². The van der Waals surface area contributed by atoms with E-state index in [2.05, 4.69) is 45.0 Å². The molecule has 1 saturated heterocycles. The van der Waals surface area contributed by atoms with Gasteiger partial charge in [0.05, 0.1) is 26.2 Å². The smallest absolute Gasteiger partial charge is 0.223 e. The first-order valence-electron chi connectivity index (χ1n) is 8.80. The first-order valence-corrected chi connectivity index (χ1v) is 8.80. The van der Waals surface area contributed by atoms with Crippen LogP contribution in [0, 0.1) is 0 Å². The fraction of sp³-hybridized carbons (Fsp3) is 0.579. The second-order valence-corrected chi connectivity index (χ2v) is 6.95. The van der Waals surface area contributed by atoms with Crippen LogP contribution in [0.4, 0.5) is 0 Å². The minimum absolute atomic E-state index is 0.0455. The van der Waals surface area contributed by atoms with E-state index >= 15 is 0 Å². The highest BCUT2D eigenvalue weighted by Gasteiger charge is 2.27. The van der Waals surface area contributed by atoms with Crippen molar-refractivity contribution in [2.45, 2.75) is 45.6 Å². The number of piperazine rings is 1. The van der Waals surface area contributed by atoms with E-state index in [1.54, 1.807) is 4.90 Å². The Kier molecular flexibility index (Phi) is 6.37. The van der Waals surface area contributed by atoms with Crippen LogP contribution in [-0.4, -0.2) is 43.0 Å². The van der Waals surface area contributed by atoms with Crippen LogP contribution < -0.4 is 10.0 Å². The number of nitrogens with one attached hydrogen (secondary N) is 1. The number of rotatable bonds is 6. The van der Waals surface area contributed by atoms with Crippen LogP contribution in [0.3, 0.4) is 0 Å². The maximum Gasteiger partial charge on any atom is 0.223 e. The van der Waals surface area contributed by atoms with Crippen LogP contribution in [0.15, 0.2) is 24.3 Å². The number of quaternary nitrogens is 1. The Morgan fingerprint density at radius 3 is 2.08 bits per heavy atom. The summed E-state index contributed by atoms with van der Waals surface area (Å²) < 4.78 is 0. The minimum atomic E-state index is -1.16. The molecule has 1 heterocycles. The largest absolute Gasteiger partial charge is 0.550 e. The Hall–Kier alpha value is -1.88. The van der Waals surface area contributed by atoms with Crippen LogP contribution in [0.2, 0.25) is 0 Å². The Balaban J connectivity index is 1.87. The van der Waals surface area contributed by atoms with Crippen molar-refractivity contribution in [3.8, 4) is 0 Å². The molecule has 1 aromatic carbocycles. The standard InChI is InChI=1S/C19H28N2O3/c1-14(2)16-4-6-17(7-5-16)15(3)20-10-12-21(13-11-20)18(22)8-9-19(23)24/h4-7,14-15H,8-13H2,1-3H3,(H,23,24)/t15-/m0/s1. The van der Waals surface area contributed by atoms with Gasteiger partial charge in [-0.2, -0.15) is 0 Å². The Morgan fingerprint density at radius 2 is 1.58 bits per heavy atom. The molecule has 24 heavy (non-hydrogen) atoms. The van der Waals surface area contributed by atoms with Gasteiger partial charge in [0.2, 0.25) is 5.91 Å². The van der Waals surface area contributed by atoms with Gasteiger partial charge in [-0.1, -0.05) is 38.1 Å². The van der Waals surface area contributed by atoms with Gasteiger partial charge in [0.1, 0.15) is 6.04 Å². The molecule has 0 bridgehead atoms. The molecule has 1 aromatic rings. The minimum Gasteiger partial charge on any atom is -0.550 e. The lowest BCUT2D eigenvalue weighted by Gasteiger charge is -2.35. The topological polar surface area (TPSA) is 64.9 Å². The molecule has 0 aromatic heterocycles. The van der Waals surface area contributed by atoms with Crippen molar-refractivity contribution in [1.29, 1.82) is 0 Å². The van der Waals surface area contributed by atoms with Gasteiger partial charge in [0, 0.05) is 18.0 Å². The Bertz CT molecular complexity index is 560. The van der Waals surface area contributed by atoms with E-state index in [4.69, 9.17) is 0 Å². The molecule has 0 radical (unpaired) electrons. The molecule has 5 heteroatoms. The maximum atomic E-state index is 12.0. The van der Waals surface area contributed by atoms with Crippen molar-refractivity contribution in [2.75, 3.05) is 26.2 Å². The van der Waals surface area contributed by atoms with E-state index in [0.717, 1.165) is 13.1 Å². The number of carbonyl (C=O) groups excluding carboxylic acids is 2. The summed E-state index contributed by atoms with van der Waals surface area (Å²) in [5.74, 6) is -0.699. The molecule has 1 amide bonds. The summed E-state index contributed by atoms with van der Waals surface area (Å²) in [5, 5.41) is 10.5. The first kappa shape index (κ1) is 18.5. The van der Waals surface area contributed by atoms with Crippen molar-refractivity contribution < 1.29 is 19.6 Å². The van der Waals surface area contributed by atoms with E-state index in [-0.39, 0.29) is 18.7 Å². The van der Waals surface area contributed by atoms with E-state index in [0.29, 0.717) is 25.0 Å². The van der Waals surface area contributed by atoms with Crippen molar-refractivity contribution in [3.63, 3.8) is 0 Å². The third-order valence-corrected chi connectivity index (χ3v) is 5.02. The molecule has 0 aliphatic carbocycles. The number of carboxylic acid groups (broad SMARTS) is 1. The zero-order valence-corrected chi connectivity index (χ0v) is 14.9. The van der Waals surface area contributed by atoms with Crippen LogP contribution in [-0.2, 0) is 9.59 Å². The summed E-state index contributed by atoms with van der Waals surface area (Å²) in [6, 6.07) is 9.23. The van der Waals surface area contributed by atoms with Gasteiger partial charge >= 0.3 is 0 Å². The monoisotopic (exact) mass is 332 g/mol. The van der Waals surface area contributed by atoms with Crippen LogP contribution in [0.25, 0.3) is 0 Å². The van der Waals surface area contributed by atoms with Gasteiger partial charge in [-0.25, -0.2) is 0 Å². The molecule has 0 unspecified atom stereocenters. The number of carboxylic acids is 1. The van der Waals surface area contributed by atoms with E-state index < -0.39 is 5.97 Å². The SMILES string of the molecule is CC(C)c1ccc([C@H](C)[NH+]2CCN(C(=O)CCC(=O)[O-])CC2)cc1. The predicted octanol–water partition coefficient (Wildman–Crippen LogP) is 0.128. The molecule has 1 N–H and O–H groups in total. The Labute approximate surface area is 144 Å². The van der Waals surface area contributed by atoms with Crippen molar-refractivity contribution >= 4 is 11.9 Å². The maximum absolute atomic E-state index is 12.0. The van der Waals surface area contributed by atoms with Crippen molar-refractivity contribution in [2.24, 2.45) is 0 Å².